The van der Waals surface area contributed by atoms with Crippen LogP contribution in [0.1, 0.15) is 38.2 Å². The summed E-state index contributed by atoms with van der Waals surface area (Å²) in [5.41, 5.74) is 10.4. The van der Waals surface area contributed by atoms with E-state index >= 15 is 0 Å². The highest BCUT2D eigenvalue weighted by atomic mass is 16.7. The monoisotopic (exact) mass is 477 g/mol. The van der Waals surface area contributed by atoms with Crippen molar-refractivity contribution in [3.05, 3.63) is 48.0 Å². The van der Waals surface area contributed by atoms with Crippen molar-refractivity contribution in [1.82, 2.24) is 9.55 Å². The first-order chi connectivity index (χ1) is 16.9. The molecule has 2 aromatic heterocycles. The first kappa shape index (κ1) is 24.0. The maximum atomic E-state index is 9.87. The van der Waals surface area contributed by atoms with Crippen molar-refractivity contribution in [2.75, 3.05) is 13.2 Å². The van der Waals surface area contributed by atoms with E-state index in [2.05, 4.69) is 54.9 Å². The van der Waals surface area contributed by atoms with Crippen molar-refractivity contribution in [2.45, 2.75) is 64.1 Å². The number of nitrogens with two attached hydrogens (primary N) is 1. The molecule has 1 aliphatic rings. The number of fused-ring (bicyclic) bond motifs is 4. The quantitative estimate of drug-likeness (QED) is 0.361. The lowest BCUT2D eigenvalue weighted by Gasteiger charge is -2.35. The van der Waals surface area contributed by atoms with E-state index in [1.165, 1.54) is 21.9 Å². The Hall–Kier alpha value is -2.71. The van der Waals surface area contributed by atoms with Gasteiger partial charge in [0, 0.05) is 42.3 Å². The van der Waals surface area contributed by atoms with Gasteiger partial charge in [0.05, 0.1) is 29.8 Å². The Kier molecular flexibility index (Phi) is 6.93. The molecule has 1 fully saturated rings. The molecule has 1 saturated heterocycles. The van der Waals surface area contributed by atoms with E-state index in [4.69, 9.17) is 24.9 Å². The molecule has 7 heteroatoms. The molecule has 0 bridgehead atoms. The van der Waals surface area contributed by atoms with E-state index < -0.39 is 6.10 Å². The number of unbranched alkanes of at least 4 members (excludes halogenated alkanes) is 2. The van der Waals surface area contributed by atoms with Crippen LogP contribution in [0.4, 0.5) is 0 Å². The zero-order valence-electron chi connectivity index (χ0n) is 20.7. The summed E-state index contributed by atoms with van der Waals surface area (Å²) in [6, 6.07) is 14.3. The van der Waals surface area contributed by atoms with Gasteiger partial charge in [-0.2, -0.15) is 0 Å². The minimum atomic E-state index is -0.625. The number of rotatable bonds is 8. The molecule has 2 aromatic carbocycles. The second-order valence-corrected chi connectivity index (χ2v) is 9.63. The summed E-state index contributed by atoms with van der Waals surface area (Å²) in [7, 11) is 2.08. The highest BCUT2D eigenvalue weighted by Crippen LogP contribution is 2.34. The van der Waals surface area contributed by atoms with Gasteiger partial charge in [0.2, 0.25) is 0 Å². The lowest BCUT2D eigenvalue weighted by molar-refractivity contribution is -0.222. The number of benzene rings is 2. The molecule has 35 heavy (non-hydrogen) atoms. The third kappa shape index (κ3) is 4.74. The summed E-state index contributed by atoms with van der Waals surface area (Å²) in [6.45, 7) is 5.27. The average Bonchev–Trinajstić information content (AvgIpc) is 3.14. The SMILES string of the molecule is Cc1c2cc(OCCCCCO[C@H]3C[C@H](N)[C@@H](O)[C@H](C)O3)ccc2nc2c1c1ccccc1n2C. The summed E-state index contributed by atoms with van der Waals surface area (Å²) in [4.78, 5) is 4.96. The summed E-state index contributed by atoms with van der Waals surface area (Å²) in [6.07, 6.45) is 2.14. The Balaban J connectivity index is 1.16. The molecule has 0 spiro atoms. The number of aryl methyl sites for hydroxylation is 2. The van der Waals surface area contributed by atoms with E-state index in [1.54, 1.807) is 0 Å². The van der Waals surface area contributed by atoms with Gasteiger partial charge in [-0.25, -0.2) is 4.98 Å². The van der Waals surface area contributed by atoms with Crippen LogP contribution < -0.4 is 10.5 Å². The van der Waals surface area contributed by atoms with E-state index in [1.807, 2.05) is 13.0 Å². The molecule has 0 aliphatic carbocycles. The van der Waals surface area contributed by atoms with Gasteiger partial charge in [-0.3, -0.25) is 0 Å². The number of pyridine rings is 1. The van der Waals surface area contributed by atoms with Crippen LogP contribution in [0.25, 0.3) is 32.8 Å². The molecule has 3 N–H and O–H groups in total. The number of aliphatic hydroxyl groups is 1. The Morgan fingerprint density at radius 3 is 2.74 bits per heavy atom. The smallest absolute Gasteiger partial charge is 0.159 e. The third-order valence-electron chi connectivity index (χ3n) is 7.16. The fourth-order valence-corrected chi connectivity index (χ4v) is 5.11. The summed E-state index contributed by atoms with van der Waals surface area (Å²) < 4.78 is 19.7. The number of aromatic nitrogens is 2. The predicted molar refractivity (Wildman–Crippen MR) is 139 cm³/mol. The van der Waals surface area contributed by atoms with Crippen molar-refractivity contribution in [1.29, 1.82) is 0 Å². The fraction of sp³-hybridized carbons (Fsp3) is 0.464. The van der Waals surface area contributed by atoms with Crippen LogP contribution in [0.5, 0.6) is 5.75 Å². The molecule has 0 amide bonds. The third-order valence-corrected chi connectivity index (χ3v) is 7.16. The van der Waals surface area contributed by atoms with Gasteiger partial charge < -0.3 is 29.6 Å². The Morgan fingerprint density at radius 1 is 1.11 bits per heavy atom. The number of hydrogen-bond acceptors (Lipinski definition) is 6. The maximum Gasteiger partial charge on any atom is 0.159 e. The molecule has 3 heterocycles. The topological polar surface area (TPSA) is 91.8 Å². The minimum absolute atomic E-state index is 0.297. The van der Waals surface area contributed by atoms with Crippen LogP contribution >= 0.6 is 0 Å². The standard InChI is InChI=1S/C28H35N3O4/c1-17-21-15-19(33-13-7-4-8-14-34-25-16-22(29)27(32)18(2)35-25)11-12-23(21)30-28-26(17)20-9-5-6-10-24(20)31(28)3/h5-6,9-12,15,18,22,25,27,32H,4,7-8,13-14,16,29H2,1-3H3/t18-,22-,25+,27-/m0/s1. The number of ether oxygens (including phenoxy) is 3. The van der Waals surface area contributed by atoms with Crippen LogP contribution in [0, 0.1) is 6.92 Å². The zero-order valence-corrected chi connectivity index (χ0v) is 20.7. The molecule has 4 atom stereocenters. The van der Waals surface area contributed by atoms with Gasteiger partial charge in [0.1, 0.15) is 11.4 Å². The predicted octanol–water partition coefficient (Wildman–Crippen LogP) is 4.58. The van der Waals surface area contributed by atoms with Gasteiger partial charge in [-0.1, -0.05) is 18.2 Å². The molecule has 0 radical (unpaired) electrons. The van der Waals surface area contributed by atoms with Gasteiger partial charge in [-0.15, -0.1) is 0 Å². The molecule has 186 valence electrons. The van der Waals surface area contributed by atoms with Gasteiger partial charge in [0.25, 0.3) is 0 Å². The lowest BCUT2D eigenvalue weighted by atomic mass is 10.0. The number of para-hydroxylation sites is 1. The highest BCUT2D eigenvalue weighted by molar-refractivity contribution is 6.12. The molecular weight excluding hydrogens is 442 g/mol. The van der Waals surface area contributed by atoms with Crippen molar-refractivity contribution in [3.8, 4) is 5.75 Å². The van der Waals surface area contributed by atoms with Gasteiger partial charge in [0.15, 0.2) is 6.29 Å². The van der Waals surface area contributed by atoms with E-state index in [9.17, 15) is 5.11 Å². The normalized spacial score (nSPS) is 22.9. The average molecular weight is 478 g/mol. The molecule has 1 aliphatic heterocycles. The first-order valence-corrected chi connectivity index (χ1v) is 12.5. The Morgan fingerprint density at radius 2 is 1.91 bits per heavy atom. The Labute approximate surface area is 205 Å². The second-order valence-electron chi connectivity index (χ2n) is 9.63. The summed E-state index contributed by atoms with van der Waals surface area (Å²) >= 11 is 0. The lowest BCUT2D eigenvalue weighted by Crippen LogP contribution is -2.51. The molecule has 7 nitrogen and oxygen atoms in total. The Bertz CT molecular complexity index is 1320. The maximum absolute atomic E-state index is 9.87. The molecule has 0 saturated carbocycles. The largest absolute Gasteiger partial charge is 0.494 e. The number of nitrogens with zero attached hydrogens (tertiary/aromatic N) is 2. The van der Waals surface area contributed by atoms with E-state index in [0.29, 0.717) is 19.6 Å². The summed E-state index contributed by atoms with van der Waals surface area (Å²) in [5.74, 6) is 0.871. The molecule has 4 aromatic rings. The molecule has 5 rings (SSSR count). The van der Waals surface area contributed by atoms with Crippen molar-refractivity contribution < 1.29 is 19.3 Å². The van der Waals surface area contributed by atoms with Gasteiger partial charge in [-0.05, 0) is 62.9 Å². The van der Waals surface area contributed by atoms with Crippen LogP contribution in [0.15, 0.2) is 42.5 Å². The van der Waals surface area contributed by atoms with Crippen molar-refractivity contribution in [2.24, 2.45) is 12.8 Å². The number of hydrogen-bond donors (Lipinski definition) is 2. The van der Waals surface area contributed by atoms with Crippen LogP contribution in [0.2, 0.25) is 0 Å². The second kappa shape index (κ2) is 10.1. The van der Waals surface area contributed by atoms with Crippen molar-refractivity contribution >= 4 is 32.8 Å². The van der Waals surface area contributed by atoms with E-state index in [0.717, 1.165) is 41.6 Å². The minimum Gasteiger partial charge on any atom is -0.494 e. The first-order valence-electron chi connectivity index (χ1n) is 12.5. The van der Waals surface area contributed by atoms with Crippen molar-refractivity contribution in [3.63, 3.8) is 0 Å². The van der Waals surface area contributed by atoms with E-state index in [-0.39, 0.29) is 18.4 Å². The van der Waals surface area contributed by atoms with Gasteiger partial charge >= 0.3 is 0 Å². The number of aliphatic hydroxyl groups excluding tert-OH is 1. The molecule has 0 unspecified atom stereocenters. The van der Waals surface area contributed by atoms with Crippen LogP contribution in [-0.2, 0) is 16.5 Å². The molecular formula is C28H35N3O4. The fourth-order valence-electron chi connectivity index (χ4n) is 5.11. The van der Waals surface area contributed by atoms with Crippen LogP contribution in [0.3, 0.4) is 0 Å². The highest BCUT2D eigenvalue weighted by Gasteiger charge is 2.33. The zero-order chi connectivity index (χ0) is 24.5. The van der Waals surface area contributed by atoms with Crippen LogP contribution in [-0.4, -0.2) is 52.4 Å². The summed E-state index contributed by atoms with van der Waals surface area (Å²) in [5, 5.41) is 13.4.